The van der Waals surface area contributed by atoms with Crippen molar-refractivity contribution in [2.24, 2.45) is 0 Å². The van der Waals surface area contributed by atoms with Gasteiger partial charge < -0.3 is 5.32 Å². The quantitative estimate of drug-likeness (QED) is 0.900. The smallest absolute Gasteiger partial charge is 0.245 e. The van der Waals surface area contributed by atoms with Gasteiger partial charge in [0, 0.05) is 13.6 Å². The van der Waals surface area contributed by atoms with Crippen molar-refractivity contribution in [2.75, 3.05) is 13.6 Å². The maximum atomic E-state index is 12.7. The highest BCUT2D eigenvalue weighted by Gasteiger charge is 2.39. The molecule has 0 aliphatic carbocycles. The monoisotopic (exact) mass is 327 g/mol. The zero-order valence-corrected chi connectivity index (χ0v) is 12.9. The molecule has 1 saturated heterocycles. The molecule has 1 heterocycles. The van der Waals surface area contributed by atoms with E-state index >= 15 is 0 Å². The Hall–Kier alpha value is -1.62. The van der Waals surface area contributed by atoms with Crippen LogP contribution < -0.4 is 5.32 Å². The molecule has 1 N–H and O–H groups in total. The zero-order valence-electron chi connectivity index (χ0n) is 11.3. The highest BCUT2D eigenvalue weighted by molar-refractivity contribution is 7.89. The minimum atomic E-state index is -3.92. The fourth-order valence-electron chi connectivity index (χ4n) is 2.35. The first-order valence-electron chi connectivity index (χ1n) is 6.35. The largest absolute Gasteiger partial charge is 0.358 e. The number of nitrogens with one attached hydrogen (secondary N) is 1. The topological polar surface area (TPSA) is 90.3 Å². The van der Waals surface area contributed by atoms with Crippen LogP contribution in [0, 0.1) is 11.3 Å². The molecule has 1 amide bonds. The van der Waals surface area contributed by atoms with Gasteiger partial charge in [0.05, 0.1) is 16.7 Å². The summed E-state index contributed by atoms with van der Waals surface area (Å²) in [4.78, 5) is 11.7. The van der Waals surface area contributed by atoms with Crippen LogP contribution in [-0.4, -0.2) is 38.3 Å². The molecule has 6 nitrogen and oxygen atoms in total. The van der Waals surface area contributed by atoms with Gasteiger partial charge in [-0.2, -0.15) is 9.57 Å². The van der Waals surface area contributed by atoms with Gasteiger partial charge in [-0.25, -0.2) is 8.42 Å². The Balaban J connectivity index is 2.47. The van der Waals surface area contributed by atoms with Gasteiger partial charge in [-0.1, -0.05) is 11.6 Å². The average Bonchev–Trinajstić information content (AvgIpc) is 2.97. The van der Waals surface area contributed by atoms with Crippen molar-refractivity contribution in [3.8, 4) is 6.07 Å². The number of amides is 1. The number of carbonyl (C=O) groups is 1. The molecular formula is C13H14ClN3O3S. The lowest BCUT2D eigenvalue weighted by Crippen LogP contribution is -2.44. The lowest BCUT2D eigenvalue weighted by molar-refractivity contribution is -0.123. The number of nitrogens with zero attached hydrogens (tertiary/aromatic N) is 2. The minimum Gasteiger partial charge on any atom is -0.358 e. The van der Waals surface area contributed by atoms with Crippen LogP contribution in [0.25, 0.3) is 0 Å². The summed E-state index contributed by atoms with van der Waals surface area (Å²) in [6.45, 7) is 0.257. The Bertz CT molecular complexity index is 712. The Morgan fingerprint density at radius 3 is 2.86 bits per heavy atom. The minimum absolute atomic E-state index is 0.0385. The molecule has 0 aromatic heterocycles. The van der Waals surface area contributed by atoms with Crippen LogP contribution in [0.3, 0.4) is 0 Å². The molecule has 0 saturated carbocycles. The fraction of sp³-hybridized carbons (Fsp3) is 0.385. The number of hydrogen-bond acceptors (Lipinski definition) is 4. The van der Waals surface area contributed by atoms with Crippen molar-refractivity contribution >= 4 is 27.5 Å². The maximum absolute atomic E-state index is 12.7. The Morgan fingerprint density at radius 2 is 2.24 bits per heavy atom. The van der Waals surface area contributed by atoms with Crippen molar-refractivity contribution in [3.63, 3.8) is 0 Å². The highest BCUT2D eigenvalue weighted by Crippen LogP contribution is 2.30. The summed E-state index contributed by atoms with van der Waals surface area (Å²) in [5, 5.41) is 11.4. The second-order valence-electron chi connectivity index (χ2n) is 4.65. The predicted molar refractivity (Wildman–Crippen MR) is 77.1 cm³/mol. The van der Waals surface area contributed by atoms with E-state index in [4.69, 9.17) is 16.9 Å². The first-order chi connectivity index (χ1) is 9.91. The molecule has 21 heavy (non-hydrogen) atoms. The summed E-state index contributed by atoms with van der Waals surface area (Å²) in [7, 11) is -2.45. The van der Waals surface area contributed by atoms with E-state index in [-0.39, 0.29) is 27.9 Å². The second kappa shape index (κ2) is 6.02. The van der Waals surface area contributed by atoms with Crippen molar-refractivity contribution in [1.29, 1.82) is 5.26 Å². The van der Waals surface area contributed by atoms with Crippen LogP contribution in [-0.2, 0) is 14.8 Å². The van der Waals surface area contributed by atoms with E-state index in [0.717, 1.165) is 4.31 Å². The third kappa shape index (κ3) is 2.88. The van der Waals surface area contributed by atoms with Gasteiger partial charge in [0.25, 0.3) is 0 Å². The number of nitriles is 1. The highest BCUT2D eigenvalue weighted by atomic mass is 35.5. The van der Waals surface area contributed by atoms with Gasteiger partial charge in [-0.3, -0.25) is 4.79 Å². The summed E-state index contributed by atoms with van der Waals surface area (Å²) in [5.41, 5.74) is 0.202. The van der Waals surface area contributed by atoms with Gasteiger partial charge >= 0.3 is 0 Å². The van der Waals surface area contributed by atoms with E-state index in [9.17, 15) is 13.2 Å². The normalized spacial score (nSPS) is 19.2. The maximum Gasteiger partial charge on any atom is 0.245 e. The summed E-state index contributed by atoms with van der Waals surface area (Å²) in [6.07, 6.45) is 1.07. The zero-order chi connectivity index (χ0) is 15.6. The molecule has 1 aliphatic rings. The number of benzene rings is 1. The summed E-state index contributed by atoms with van der Waals surface area (Å²) in [5.74, 6) is -0.344. The molecule has 2 rings (SSSR count). The average molecular weight is 328 g/mol. The van der Waals surface area contributed by atoms with Gasteiger partial charge in [-0.05, 0) is 31.0 Å². The van der Waals surface area contributed by atoms with E-state index in [0.29, 0.717) is 12.8 Å². The Kier molecular flexibility index (Phi) is 4.52. The summed E-state index contributed by atoms with van der Waals surface area (Å²) in [6, 6.07) is 5.20. The number of hydrogen-bond donors (Lipinski definition) is 1. The van der Waals surface area contributed by atoms with E-state index in [2.05, 4.69) is 5.32 Å². The number of rotatable bonds is 3. The number of likely N-dealkylation sites (N-methyl/N-ethyl adjacent to an activating group) is 1. The van der Waals surface area contributed by atoms with Crippen LogP contribution in [0.4, 0.5) is 0 Å². The molecule has 1 aliphatic heterocycles. The standard InChI is InChI=1S/C13H14ClN3O3S/c1-16-13(18)11-3-2-6-17(11)21(19,20)12-7-9(8-15)4-5-10(12)14/h4-5,7,11H,2-3,6H2,1H3,(H,16,18). The van der Waals surface area contributed by atoms with Crippen LogP contribution in [0.5, 0.6) is 0 Å². The second-order valence-corrected chi connectivity index (χ2v) is 6.91. The molecule has 1 unspecified atom stereocenters. The number of carbonyl (C=O) groups excluding carboxylic acids is 1. The van der Waals surface area contributed by atoms with Crippen molar-refractivity contribution in [3.05, 3.63) is 28.8 Å². The molecule has 112 valence electrons. The Labute approximate surface area is 128 Å². The summed E-state index contributed by atoms with van der Waals surface area (Å²) >= 11 is 5.96. The summed E-state index contributed by atoms with van der Waals surface area (Å²) < 4.78 is 26.6. The number of halogens is 1. The van der Waals surface area contributed by atoms with Crippen LogP contribution in [0.15, 0.2) is 23.1 Å². The lowest BCUT2D eigenvalue weighted by atomic mass is 10.2. The lowest BCUT2D eigenvalue weighted by Gasteiger charge is -2.23. The van der Waals surface area contributed by atoms with Gasteiger partial charge in [0.15, 0.2) is 0 Å². The van der Waals surface area contributed by atoms with Crippen LogP contribution in [0.2, 0.25) is 5.02 Å². The SMILES string of the molecule is CNC(=O)C1CCCN1S(=O)(=O)c1cc(C#N)ccc1Cl. The van der Waals surface area contributed by atoms with E-state index in [1.165, 1.54) is 25.2 Å². The van der Waals surface area contributed by atoms with Crippen LogP contribution >= 0.6 is 11.6 Å². The van der Waals surface area contributed by atoms with Crippen molar-refractivity contribution < 1.29 is 13.2 Å². The van der Waals surface area contributed by atoms with Crippen molar-refractivity contribution in [2.45, 2.75) is 23.8 Å². The molecular weight excluding hydrogens is 314 g/mol. The molecule has 8 heteroatoms. The van der Waals surface area contributed by atoms with Gasteiger partial charge in [0.1, 0.15) is 10.9 Å². The molecule has 1 aromatic carbocycles. The Morgan fingerprint density at radius 1 is 1.52 bits per heavy atom. The fourth-order valence-corrected chi connectivity index (χ4v) is 4.51. The molecule has 1 atom stereocenters. The van der Waals surface area contributed by atoms with E-state index in [1.54, 1.807) is 0 Å². The third-order valence-electron chi connectivity index (χ3n) is 3.40. The van der Waals surface area contributed by atoms with Gasteiger partial charge in [-0.15, -0.1) is 0 Å². The molecule has 0 spiro atoms. The first kappa shape index (κ1) is 15.8. The van der Waals surface area contributed by atoms with E-state index in [1.807, 2.05) is 6.07 Å². The van der Waals surface area contributed by atoms with Crippen molar-refractivity contribution in [1.82, 2.24) is 9.62 Å². The van der Waals surface area contributed by atoms with E-state index < -0.39 is 16.1 Å². The molecule has 1 aromatic rings. The predicted octanol–water partition coefficient (Wildman–Crippen LogP) is 1.11. The van der Waals surface area contributed by atoms with Gasteiger partial charge in [0.2, 0.25) is 15.9 Å². The molecule has 0 radical (unpaired) electrons. The third-order valence-corrected chi connectivity index (χ3v) is 5.79. The first-order valence-corrected chi connectivity index (χ1v) is 8.16. The van der Waals surface area contributed by atoms with Crippen LogP contribution in [0.1, 0.15) is 18.4 Å². The molecule has 0 bridgehead atoms. The number of sulfonamides is 1. The molecule has 1 fully saturated rings.